The molecule has 0 unspecified atom stereocenters. The minimum absolute atomic E-state index is 0.316. The molecule has 0 aliphatic carbocycles. The SMILES string of the molecule is COc1cccc(/C=C/B2OC(C)(C)C(C)(C)O2)n1. The van der Waals surface area contributed by atoms with Crippen LogP contribution in [0.2, 0.25) is 0 Å². The van der Waals surface area contributed by atoms with E-state index in [4.69, 9.17) is 14.0 Å². The van der Waals surface area contributed by atoms with Crippen molar-refractivity contribution in [1.82, 2.24) is 4.98 Å². The van der Waals surface area contributed by atoms with Crippen LogP contribution in [0.15, 0.2) is 24.2 Å². The number of nitrogens with zero attached hydrogens (tertiary/aromatic N) is 1. The van der Waals surface area contributed by atoms with Gasteiger partial charge in [0.25, 0.3) is 0 Å². The molecule has 0 spiro atoms. The van der Waals surface area contributed by atoms with Crippen molar-refractivity contribution in [3.8, 4) is 5.88 Å². The van der Waals surface area contributed by atoms with Crippen LogP contribution in [-0.2, 0) is 9.31 Å². The molecule has 0 amide bonds. The number of hydrogen-bond donors (Lipinski definition) is 0. The van der Waals surface area contributed by atoms with Gasteiger partial charge in [-0.1, -0.05) is 12.0 Å². The maximum atomic E-state index is 5.87. The van der Waals surface area contributed by atoms with Crippen molar-refractivity contribution < 1.29 is 14.0 Å². The zero-order valence-corrected chi connectivity index (χ0v) is 12.1. The molecule has 1 aliphatic rings. The van der Waals surface area contributed by atoms with Gasteiger partial charge in [-0.15, -0.1) is 0 Å². The maximum absolute atomic E-state index is 5.87. The summed E-state index contributed by atoms with van der Waals surface area (Å²) in [4.78, 5) is 4.30. The fourth-order valence-corrected chi connectivity index (χ4v) is 1.78. The molecule has 102 valence electrons. The summed E-state index contributed by atoms with van der Waals surface area (Å²) < 4.78 is 16.8. The van der Waals surface area contributed by atoms with E-state index in [1.54, 1.807) is 7.11 Å². The van der Waals surface area contributed by atoms with Crippen LogP contribution in [0.4, 0.5) is 0 Å². The van der Waals surface area contributed by atoms with Crippen molar-refractivity contribution in [2.24, 2.45) is 0 Å². The predicted octanol–water partition coefficient (Wildman–Crippen LogP) is 2.73. The van der Waals surface area contributed by atoms with Crippen LogP contribution in [0.25, 0.3) is 6.08 Å². The predicted molar refractivity (Wildman–Crippen MR) is 75.9 cm³/mol. The second-order valence-corrected chi connectivity index (χ2v) is 5.59. The first-order chi connectivity index (χ1) is 8.84. The summed E-state index contributed by atoms with van der Waals surface area (Å²) in [5, 5.41) is 0. The third-order valence-corrected chi connectivity index (χ3v) is 3.65. The van der Waals surface area contributed by atoms with E-state index in [1.807, 2.05) is 57.9 Å². The fourth-order valence-electron chi connectivity index (χ4n) is 1.78. The standard InChI is InChI=1S/C14H20BNO3/c1-13(2)14(3,4)19-15(18-13)10-9-11-7-6-8-12(16-11)17-5/h6-10H,1-5H3/b10-9+. The highest BCUT2D eigenvalue weighted by Crippen LogP contribution is 2.36. The molecule has 4 nitrogen and oxygen atoms in total. The van der Waals surface area contributed by atoms with Crippen LogP contribution in [0.3, 0.4) is 0 Å². The number of rotatable bonds is 3. The zero-order chi connectivity index (χ0) is 14.1. The molecule has 0 radical (unpaired) electrons. The van der Waals surface area contributed by atoms with Crippen molar-refractivity contribution >= 4 is 13.2 Å². The summed E-state index contributed by atoms with van der Waals surface area (Å²) in [6, 6.07) is 5.62. The lowest BCUT2D eigenvalue weighted by Gasteiger charge is -2.32. The molecule has 5 heteroatoms. The van der Waals surface area contributed by atoms with Crippen LogP contribution < -0.4 is 4.74 Å². The van der Waals surface area contributed by atoms with Gasteiger partial charge in [-0.05, 0) is 39.8 Å². The molecule has 0 atom stereocenters. The Morgan fingerprint density at radius 3 is 2.37 bits per heavy atom. The molecule has 0 N–H and O–H groups in total. The van der Waals surface area contributed by atoms with Crippen molar-refractivity contribution in [2.75, 3.05) is 7.11 Å². The Kier molecular flexibility index (Phi) is 3.70. The van der Waals surface area contributed by atoms with Gasteiger partial charge in [-0.2, -0.15) is 0 Å². The van der Waals surface area contributed by atoms with Crippen LogP contribution in [-0.4, -0.2) is 30.4 Å². The van der Waals surface area contributed by atoms with E-state index in [9.17, 15) is 0 Å². The second kappa shape index (κ2) is 4.98. The van der Waals surface area contributed by atoms with Crippen molar-refractivity contribution in [2.45, 2.75) is 38.9 Å². The Bertz CT molecular complexity index is 469. The Hall–Kier alpha value is -1.33. The molecule has 1 aromatic heterocycles. The van der Waals surface area contributed by atoms with E-state index in [0.29, 0.717) is 5.88 Å². The van der Waals surface area contributed by atoms with Crippen LogP contribution in [0.5, 0.6) is 5.88 Å². The van der Waals surface area contributed by atoms with Gasteiger partial charge in [0.1, 0.15) is 0 Å². The van der Waals surface area contributed by atoms with Crippen molar-refractivity contribution in [3.63, 3.8) is 0 Å². The van der Waals surface area contributed by atoms with E-state index in [0.717, 1.165) is 5.69 Å². The van der Waals surface area contributed by atoms with Gasteiger partial charge in [-0.25, -0.2) is 4.98 Å². The van der Waals surface area contributed by atoms with Gasteiger partial charge in [-0.3, -0.25) is 0 Å². The van der Waals surface area contributed by atoms with E-state index in [-0.39, 0.29) is 18.3 Å². The molecule has 19 heavy (non-hydrogen) atoms. The highest BCUT2D eigenvalue weighted by atomic mass is 16.7. The molecule has 0 aromatic carbocycles. The lowest BCUT2D eigenvalue weighted by atomic mass is 9.89. The third kappa shape index (κ3) is 2.99. The average molecular weight is 261 g/mol. The first kappa shape index (κ1) is 14.1. The smallest absolute Gasteiger partial charge is 0.481 e. The Morgan fingerprint density at radius 2 is 1.79 bits per heavy atom. The van der Waals surface area contributed by atoms with Gasteiger partial charge >= 0.3 is 7.12 Å². The van der Waals surface area contributed by atoms with Crippen LogP contribution >= 0.6 is 0 Å². The molecular formula is C14H20BNO3. The molecule has 0 bridgehead atoms. The Balaban J connectivity index is 2.08. The number of pyridine rings is 1. The van der Waals surface area contributed by atoms with Gasteiger partial charge < -0.3 is 14.0 Å². The molecule has 0 saturated carbocycles. The number of hydrogen-bond acceptors (Lipinski definition) is 4. The number of aromatic nitrogens is 1. The largest absolute Gasteiger partial charge is 0.487 e. The summed E-state index contributed by atoms with van der Waals surface area (Å²) in [5.74, 6) is 2.47. The van der Waals surface area contributed by atoms with E-state index < -0.39 is 0 Å². The summed E-state index contributed by atoms with van der Waals surface area (Å²) in [6.45, 7) is 8.13. The molecular weight excluding hydrogens is 241 g/mol. The molecule has 2 heterocycles. The normalized spacial score (nSPS) is 21.0. The van der Waals surface area contributed by atoms with Gasteiger partial charge in [0.15, 0.2) is 0 Å². The third-order valence-electron chi connectivity index (χ3n) is 3.65. The molecule has 2 rings (SSSR count). The number of ether oxygens (including phenoxy) is 1. The molecule has 1 saturated heterocycles. The minimum atomic E-state index is -0.349. The zero-order valence-electron chi connectivity index (χ0n) is 12.1. The van der Waals surface area contributed by atoms with Gasteiger partial charge in [0.05, 0.1) is 24.0 Å². The summed E-state index contributed by atoms with van der Waals surface area (Å²) in [6.07, 6.45) is 1.88. The minimum Gasteiger partial charge on any atom is -0.481 e. The van der Waals surface area contributed by atoms with E-state index >= 15 is 0 Å². The van der Waals surface area contributed by atoms with E-state index in [1.165, 1.54) is 0 Å². The Labute approximate surface area is 114 Å². The quantitative estimate of drug-likeness (QED) is 0.784. The summed E-state index contributed by atoms with van der Waals surface area (Å²) in [7, 11) is 1.25. The highest BCUT2D eigenvalue weighted by molar-refractivity contribution is 6.52. The van der Waals surface area contributed by atoms with Crippen LogP contribution in [0.1, 0.15) is 33.4 Å². The molecule has 1 aromatic rings. The van der Waals surface area contributed by atoms with Crippen molar-refractivity contribution in [3.05, 3.63) is 29.9 Å². The first-order valence-electron chi connectivity index (χ1n) is 6.39. The highest BCUT2D eigenvalue weighted by Gasteiger charge is 2.49. The fraction of sp³-hybridized carbons (Fsp3) is 0.500. The topological polar surface area (TPSA) is 40.6 Å². The van der Waals surface area contributed by atoms with Crippen LogP contribution in [0, 0.1) is 0 Å². The van der Waals surface area contributed by atoms with Gasteiger partial charge in [0, 0.05) is 6.07 Å². The second-order valence-electron chi connectivity index (χ2n) is 5.59. The average Bonchev–Trinajstić information content (AvgIpc) is 2.56. The Morgan fingerprint density at radius 1 is 1.16 bits per heavy atom. The van der Waals surface area contributed by atoms with E-state index in [2.05, 4.69) is 4.98 Å². The number of methoxy groups -OCH3 is 1. The van der Waals surface area contributed by atoms with Gasteiger partial charge in [0.2, 0.25) is 5.88 Å². The van der Waals surface area contributed by atoms with Crippen molar-refractivity contribution in [1.29, 1.82) is 0 Å². The summed E-state index contributed by atoms with van der Waals surface area (Å²) in [5.41, 5.74) is 0.183. The molecule has 1 fully saturated rings. The maximum Gasteiger partial charge on any atom is 0.487 e. The summed E-state index contributed by atoms with van der Waals surface area (Å²) >= 11 is 0. The lowest BCUT2D eigenvalue weighted by Crippen LogP contribution is -2.41. The first-order valence-corrected chi connectivity index (χ1v) is 6.39. The monoisotopic (exact) mass is 261 g/mol. The lowest BCUT2D eigenvalue weighted by molar-refractivity contribution is 0.00578. The molecule has 1 aliphatic heterocycles.